The van der Waals surface area contributed by atoms with Crippen LogP contribution in [0.4, 0.5) is 0 Å². The van der Waals surface area contributed by atoms with Crippen LogP contribution in [0.15, 0.2) is 0 Å². The van der Waals surface area contributed by atoms with Crippen LogP contribution in [0.5, 0.6) is 0 Å². The molecule has 0 saturated heterocycles. The van der Waals surface area contributed by atoms with Gasteiger partial charge in [-0.3, -0.25) is 0 Å². The molecule has 4 saturated carbocycles. The molecule has 23 heavy (non-hydrogen) atoms. The lowest BCUT2D eigenvalue weighted by atomic mass is 9.44. The fourth-order valence-corrected chi connectivity index (χ4v) is 7.35. The molecule has 0 heterocycles. The number of hydrogen-bond acceptors (Lipinski definition) is 2. The van der Waals surface area contributed by atoms with Gasteiger partial charge in [0, 0.05) is 0 Å². The zero-order valence-corrected chi connectivity index (χ0v) is 14.7. The van der Waals surface area contributed by atoms with Gasteiger partial charge in [0.25, 0.3) is 0 Å². The SMILES string of the molecule is C#C[C@]1(O)CC[C@]2(C)[C@H](CC[C@H]3[C@H]2CC[C@]2(C)[C@@H](O)CC[C@@H]32)C1. The van der Waals surface area contributed by atoms with Crippen LogP contribution in [-0.4, -0.2) is 21.9 Å². The van der Waals surface area contributed by atoms with Gasteiger partial charge in [-0.2, -0.15) is 0 Å². The lowest BCUT2D eigenvalue weighted by Crippen LogP contribution is -2.56. The lowest BCUT2D eigenvalue weighted by molar-refractivity contribution is -0.143. The van der Waals surface area contributed by atoms with Gasteiger partial charge in [-0.05, 0) is 92.3 Å². The quantitative estimate of drug-likeness (QED) is 0.668. The predicted octanol–water partition coefficient (Wildman–Crippen LogP) is 3.75. The van der Waals surface area contributed by atoms with Crippen molar-refractivity contribution in [1.29, 1.82) is 0 Å². The van der Waals surface area contributed by atoms with Crippen molar-refractivity contribution in [1.82, 2.24) is 0 Å². The molecular weight excluding hydrogens is 284 g/mol. The summed E-state index contributed by atoms with van der Waals surface area (Å²) in [6.07, 6.45) is 15.3. The van der Waals surface area contributed by atoms with Gasteiger partial charge in [-0.25, -0.2) is 0 Å². The van der Waals surface area contributed by atoms with Gasteiger partial charge in [0.1, 0.15) is 5.60 Å². The van der Waals surface area contributed by atoms with E-state index in [9.17, 15) is 10.2 Å². The predicted molar refractivity (Wildman–Crippen MR) is 91.5 cm³/mol. The molecule has 2 heteroatoms. The normalized spacial score (nSPS) is 58.7. The summed E-state index contributed by atoms with van der Waals surface area (Å²) in [5.41, 5.74) is -0.344. The van der Waals surface area contributed by atoms with Crippen molar-refractivity contribution in [2.24, 2.45) is 34.5 Å². The van der Waals surface area contributed by atoms with Crippen LogP contribution >= 0.6 is 0 Å². The number of fused-ring (bicyclic) bond motifs is 5. The van der Waals surface area contributed by atoms with E-state index < -0.39 is 5.60 Å². The molecule has 2 N–H and O–H groups in total. The van der Waals surface area contributed by atoms with E-state index in [0.717, 1.165) is 37.5 Å². The van der Waals surface area contributed by atoms with Crippen molar-refractivity contribution in [3.05, 3.63) is 0 Å². The highest BCUT2D eigenvalue weighted by molar-refractivity contribution is 5.16. The van der Waals surface area contributed by atoms with Crippen molar-refractivity contribution >= 4 is 0 Å². The Morgan fingerprint density at radius 3 is 2.39 bits per heavy atom. The minimum absolute atomic E-state index is 0.0862. The molecule has 8 atom stereocenters. The number of aliphatic hydroxyl groups excluding tert-OH is 1. The van der Waals surface area contributed by atoms with Gasteiger partial charge >= 0.3 is 0 Å². The van der Waals surface area contributed by atoms with Crippen molar-refractivity contribution in [2.45, 2.75) is 83.3 Å². The van der Waals surface area contributed by atoms with Crippen molar-refractivity contribution in [3.63, 3.8) is 0 Å². The molecule has 0 amide bonds. The Bertz CT molecular complexity index is 536. The summed E-state index contributed by atoms with van der Waals surface area (Å²) in [6.45, 7) is 4.83. The highest BCUT2D eigenvalue weighted by atomic mass is 16.3. The zero-order chi connectivity index (χ0) is 16.5. The molecule has 0 spiro atoms. The van der Waals surface area contributed by atoms with E-state index in [1.807, 2.05) is 0 Å². The van der Waals surface area contributed by atoms with Crippen LogP contribution in [-0.2, 0) is 0 Å². The second kappa shape index (κ2) is 4.99. The van der Waals surface area contributed by atoms with Gasteiger partial charge < -0.3 is 10.2 Å². The van der Waals surface area contributed by atoms with Crippen molar-refractivity contribution < 1.29 is 10.2 Å². The number of rotatable bonds is 0. The van der Waals surface area contributed by atoms with E-state index in [0.29, 0.717) is 17.3 Å². The van der Waals surface area contributed by atoms with E-state index in [2.05, 4.69) is 19.8 Å². The van der Waals surface area contributed by atoms with E-state index in [1.54, 1.807) is 0 Å². The first-order valence-corrected chi connectivity index (χ1v) is 9.71. The molecule has 0 aromatic heterocycles. The summed E-state index contributed by atoms with van der Waals surface area (Å²) >= 11 is 0. The molecule has 0 radical (unpaired) electrons. The molecular formula is C21H32O2. The van der Waals surface area contributed by atoms with Gasteiger partial charge in [-0.1, -0.05) is 19.8 Å². The van der Waals surface area contributed by atoms with Crippen LogP contribution < -0.4 is 0 Å². The largest absolute Gasteiger partial charge is 0.393 e. The maximum absolute atomic E-state index is 10.6. The molecule has 4 fully saturated rings. The van der Waals surface area contributed by atoms with Crippen LogP contribution in [0.3, 0.4) is 0 Å². The number of terminal acetylenes is 1. The molecule has 4 aliphatic rings. The van der Waals surface area contributed by atoms with Crippen LogP contribution in [0.25, 0.3) is 0 Å². The van der Waals surface area contributed by atoms with Crippen LogP contribution in [0, 0.1) is 46.8 Å². The monoisotopic (exact) mass is 316 g/mol. The van der Waals surface area contributed by atoms with Crippen molar-refractivity contribution in [2.75, 3.05) is 0 Å². The topological polar surface area (TPSA) is 40.5 Å². The summed E-state index contributed by atoms with van der Waals surface area (Å²) in [7, 11) is 0. The maximum Gasteiger partial charge on any atom is 0.125 e. The van der Waals surface area contributed by atoms with Gasteiger partial charge in [0.15, 0.2) is 0 Å². The molecule has 4 aliphatic carbocycles. The van der Waals surface area contributed by atoms with Gasteiger partial charge in [-0.15, -0.1) is 6.42 Å². The smallest absolute Gasteiger partial charge is 0.125 e. The number of hydrogen-bond donors (Lipinski definition) is 2. The van der Waals surface area contributed by atoms with E-state index in [1.165, 1.54) is 32.1 Å². The highest BCUT2D eigenvalue weighted by Crippen LogP contribution is 2.66. The molecule has 0 unspecified atom stereocenters. The minimum atomic E-state index is -0.857. The third-order valence-electron chi connectivity index (χ3n) is 8.95. The molecule has 4 rings (SSSR count). The van der Waals surface area contributed by atoms with Gasteiger partial charge in [0.05, 0.1) is 6.10 Å². The zero-order valence-electron chi connectivity index (χ0n) is 14.7. The first-order valence-electron chi connectivity index (χ1n) is 9.71. The fourth-order valence-electron chi connectivity index (χ4n) is 7.35. The second-order valence-corrected chi connectivity index (χ2v) is 9.67. The molecule has 0 aliphatic heterocycles. The Labute approximate surface area is 141 Å². The molecule has 128 valence electrons. The van der Waals surface area contributed by atoms with E-state index in [4.69, 9.17) is 6.42 Å². The van der Waals surface area contributed by atoms with Gasteiger partial charge in [0.2, 0.25) is 0 Å². The Balaban J connectivity index is 1.61. The Kier molecular flexibility index (Phi) is 3.47. The second-order valence-electron chi connectivity index (χ2n) is 9.67. The van der Waals surface area contributed by atoms with Crippen LogP contribution in [0.2, 0.25) is 0 Å². The third-order valence-corrected chi connectivity index (χ3v) is 8.95. The summed E-state index contributed by atoms with van der Waals surface area (Å²) < 4.78 is 0. The maximum atomic E-state index is 10.6. The van der Waals surface area contributed by atoms with E-state index in [-0.39, 0.29) is 11.5 Å². The van der Waals surface area contributed by atoms with Crippen molar-refractivity contribution in [3.8, 4) is 12.3 Å². The summed E-state index contributed by atoms with van der Waals surface area (Å²) in [6, 6.07) is 0. The first kappa shape index (κ1) is 16.0. The molecule has 0 aromatic carbocycles. The fraction of sp³-hybridized carbons (Fsp3) is 0.905. The highest BCUT2D eigenvalue weighted by Gasteiger charge is 2.60. The Hall–Kier alpha value is -0.520. The van der Waals surface area contributed by atoms with Crippen LogP contribution in [0.1, 0.15) is 71.6 Å². The Morgan fingerprint density at radius 1 is 0.913 bits per heavy atom. The number of aliphatic hydroxyl groups is 2. The third kappa shape index (κ3) is 2.09. The lowest BCUT2D eigenvalue weighted by Gasteiger charge is -2.61. The molecule has 0 aromatic rings. The van der Waals surface area contributed by atoms with E-state index >= 15 is 0 Å². The molecule has 0 bridgehead atoms. The first-order chi connectivity index (χ1) is 10.8. The minimum Gasteiger partial charge on any atom is -0.393 e. The Morgan fingerprint density at radius 2 is 1.65 bits per heavy atom. The standard InChI is InChI=1S/C21H32O2/c1-4-21(23)12-11-19(2)14(13-21)5-6-15-16-7-8-18(22)20(16,3)10-9-17(15)19/h1,14-18,22-23H,5-13H2,2-3H3/t14-,15-,16+,17-,18+,19-,20+,21+/m1/s1. The molecule has 2 nitrogen and oxygen atoms in total. The summed E-state index contributed by atoms with van der Waals surface area (Å²) in [5.74, 6) is 5.51. The average Bonchev–Trinajstić information content (AvgIpc) is 2.84. The summed E-state index contributed by atoms with van der Waals surface area (Å²) in [4.78, 5) is 0. The average molecular weight is 316 g/mol. The summed E-state index contributed by atoms with van der Waals surface area (Å²) in [5, 5.41) is 21.1.